The van der Waals surface area contributed by atoms with Crippen LogP contribution in [0.2, 0.25) is 0 Å². The van der Waals surface area contributed by atoms with Crippen molar-refractivity contribution in [1.29, 1.82) is 0 Å². The fourth-order valence-corrected chi connectivity index (χ4v) is 3.34. The number of aliphatic imine (C=N–C) groups is 1. The first-order chi connectivity index (χ1) is 13.2. The van der Waals surface area contributed by atoms with Crippen molar-refractivity contribution in [3.63, 3.8) is 0 Å². The van der Waals surface area contributed by atoms with Crippen LogP contribution in [-0.4, -0.2) is 50.4 Å². The van der Waals surface area contributed by atoms with Gasteiger partial charge in [0.2, 0.25) is 6.79 Å². The van der Waals surface area contributed by atoms with E-state index in [1.165, 1.54) is 12.1 Å². The van der Waals surface area contributed by atoms with Gasteiger partial charge in [-0.3, -0.25) is 4.99 Å². The van der Waals surface area contributed by atoms with E-state index in [1.54, 1.807) is 0 Å². The Bertz CT molecular complexity index is 823. The van der Waals surface area contributed by atoms with Crippen molar-refractivity contribution in [3.8, 4) is 11.5 Å². The second-order valence-corrected chi connectivity index (χ2v) is 6.63. The number of anilines is 1. The van der Waals surface area contributed by atoms with E-state index in [0.29, 0.717) is 12.5 Å². The van der Waals surface area contributed by atoms with E-state index in [9.17, 15) is 4.39 Å². The van der Waals surface area contributed by atoms with Crippen LogP contribution in [0.1, 0.15) is 5.56 Å². The molecule has 2 aromatic rings. The van der Waals surface area contributed by atoms with Crippen molar-refractivity contribution in [2.45, 2.75) is 6.42 Å². The third-order valence-electron chi connectivity index (χ3n) is 4.91. The summed E-state index contributed by atoms with van der Waals surface area (Å²) in [6, 6.07) is 12.6. The maximum atomic E-state index is 13.1. The van der Waals surface area contributed by atoms with Crippen molar-refractivity contribution >= 4 is 35.6 Å². The maximum absolute atomic E-state index is 13.1. The third-order valence-corrected chi connectivity index (χ3v) is 4.91. The van der Waals surface area contributed by atoms with Crippen molar-refractivity contribution in [1.82, 2.24) is 4.90 Å². The Hall–Kier alpha value is -2.23. The van der Waals surface area contributed by atoms with Gasteiger partial charge in [0.15, 0.2) is 17.5 Å². The molecule has 0 atom stereocenters. The minimum Gasteiger partial charge on any atom is -0.454 e. The Kier molecular flexibility index (Phi) is 6.82. The van der Waals surface area contributed by atoms with Crippen LogP contribution in [0.3, 0.4) is 0 Å². The molecule has 2 aromatic carbocycles. The Morgan fingerprint density at radius 2 is 1.71 bits per heavy atom. The van der Waals surface area contributed by atoms with Crippen molar-refractivity contribution in [2.24, 2.45) is 10.7 Å². The van der Waals surface area contributed by atoms with Gasteiger partial charge in [0.05, 0.1) is 0 Å². The van der Waals surface area contributed by atoms with Gasteiger partial charge in [-0.1, -0.05) is 6.07 Å². The molecule has 0 saturated carbocycles. The number of nitrogens with two attached hydrogens (primary N) is 1. The molecule has 2 aliphatic heterocycles. The normalized spacial score (nSPS) is 16.1. The van der Waals surface area contributed by atoms with Gasteiger partial charge >= 0.3 is 0 Å². The molecular formula is C20H24FIN4O2. The highest BCUT2D eigenvalue weighted by molar-refractivity contribution is 14.0. The van der Waals surface area contributed by atoms with E-state index in [2.05, 4.69) is 14.8 Å². The summed E-state index contributed by atoms with van der Waals surface area (Å²) >= 11 is 0. The number of nitrogens with zero attached hydrogens (tertiary/aromatic N) is 3. The molecule has 2 heterocycles. The molecule has 4 rings (SSSR count). The zero-order valence-corrected chi connectivity index (χ0v) is 17.8. The molecular weight excluding hydrogens is 474 g/mol. The van der Waals surface area contributed by atoms with Crippen molar-refractivity contribution in [3.05, 3.63) is 53.8 Å². The summed E-state index contributed by atoms with van der Waals surface area (Å²) in [6.07, 6.45) is 0.798. The van der Waals surface area contributed by atoms with Gasteiger partial charge in [0.1, 0.15) is 5.82 Å². The topological polar surface area (TPSA) is 63.3 Å². The predicted molar refractivity (Wildman–Crippen MR) is 118 cm³/mol. The molecule has 1 fully saturated rings. The lowest BCUT2D eigenvalue weighted by molar-refractivity contribution is 0.174. The van der Waals surface area contributed by atoms with E-state index in [1.807, 2.05) is 30.3 Å². The Balaban J connectivity index is 0.00000225. The van der Waals surface area contributed by atoms with E-state index in [0.717, 1.165) is 55.3 Å². The largest absolute Gasteiger partial charge is 0.454 e. The Labute approximate surface area is 181 Å². The molecule has 2 aliphatic rings. The first-order valence-electron chi connectivity index (χ1n) is 9.13. The summed E-state index contributed by atoms with van der Waals surface area (Å²) < 4.78 is 23.8. The fourth-order valence-electron chi connectivity index (χ4n) is 3.34. The molecule has 28 heavy (non-hydrogen) atoms. The number of guanidine groups is 1. The lowest BCUT2D eigenvalue weighted by atomic mass is 10.1. The smallest absolute Gasteiger partial charge is 0.231 e. The maximum Gasteiger partial charge on any atom is 0.231 e. The van der Waals surface area contributed by atoms with E-state index >= 15 is 0 Å². The Morgan fingerprint density at radius 3 is 2.46 bits per heavy atom. The fraction of sp³-hybridized carbons (Fsp3) is 0.350. The number of piperazine rings is 1. The molecule has 2 N–H and O–H groups in total. The summed E-state index contributed by atoms with van der Waals surface area (Å²) in [5.74, 6) is 1.95. The predicted octanol–water partition coefficient (Wildman–Crippen LogP) is 2.85. The van der Waals surface area contributed by atoms with Gasteiger partial charge in [-0.05, 0) is 48.4 Å². The number of hydrogen-bond acceptors (Lipinski definition) is 4. The SMILES string of the molecule is I.NC(=NCCc1ccc2c(c1)OCO2)N1CCN(c2ccc(F)cc2)CC1. The monoisotopic (exact) mass is 498 g/mol. The van der Waals surface area contributed by atoms with Gasteiger partial charge < -0.3 is 25.0 Å². The van der Waals surface area contributed by atoms with Crippen LogP contribution >= 0.6 is 24.0 Å². The lowest BCUT2D eigenvalue weighted by Gasteiger charge is -2.36. The second-order valence-electron chi connectivity index (χ2n) is 6.63. The first-order valence-corrected chi connectivity index (χ1v) is 9.13. The van der Waals surface area contributed by atoms with Gasteiger partial charge in [-0.25, -0.2) is 4.39 Å². The van der Waals surface area contributed by atoms with Crippen LogP contribution in [0.25, 0.3) is 0 Å². The number of hydrogen-bond donors (Lipinski definition) is 1. The van der Waals surface area contributed by atoms with Crippen LogP contribution in [0, 0.1) is 5.82 Å². The summed E-state index contributed by atoms with van der Waals surface area (Å²) in [7, 11) is 0. The molecule has 8 heteroatoms. The third kappa shape index (κ3) is 4.78. The average Bonchev–Trinajstić information content (AvgIpc) is 3.16. The van der Waals surface area contributed by atoms with Gasteiger partial charge in [-0.15, -0.1) is 24.0 Å². The number of ether oxygens (including phenoxy) is 2. The molecule has 0 amide bonds. The van der Waals surface area contributed by atoms with Gasteiger partial charge in [0, 0.05) is 38.4 Å². The van der Waals surface area contributed by atoms with Gasteiger partial charge in [-0.2, -0.15) is 0 Å². The first kappa shape index (κ1) is 20.5. The van der Waals surface area contributed by atoms with Crippen molar-refractivity contribution < 1.29 is 13.9 Å². The average molecular weight is 498 g/mol. The minimum atomic E-state index is -0.212. The number of fused-ring (bicyclic) bond motifs is 1. The summed E-state index contributed by atoms with van der Waals surface area (Å²) in [4.78, 5) is 8.86. The van der Waals surface area contributed by atoms with E-state index in [-0.39, 0.29) is 36.6 Å². The highest BCUT2D eigenvalue weighted by Gasteiger charge is 2.18. The van der Waals surface area contributed by atoms with Crippen LogP contribution in [0.5, 0.6) is 11.5 Å². The molecule has 1 saturated heterocycles. The molecule has 150 valence electrons. The Morgan fingerprint density at radius 1 is 1.00 bits per heavy atom. The van der Waals surface area contributed by atoms with Crippen LogP contribution in [-0.2, 0) is 6.42 Å². The van der Waals surface area contributed by atoms with E-state index < -0.39 is 0 Å². The van der Waals surface area contributed by atoms with Gasteiger partial charge in [0.25, 0.3) is 0 Å². The molecule has 0 bridgehead atoms. The van der Waals surface area contributed by atoms with Crippen LogP contribution < -0.4 is 20.1 Å². The molecule has 0 unspecified atom stereocenters. The highest BCUT2D eigenvalue weighted by Crippen LogP contribution is 2.32. The number of rotatable bonds is 4. The molecule has 6 nitrogen and oxygen atoms in total. The van der Waals surface area contributed by atoms with Crippen LogP contribution in [0.15, 0.2) is 47.5 Å². The molecule has 0 aromatic heterocycles. The second kappa shape index (κ2) is 9.31. The quantitative estimate of drug-likeness (QED) is 0.399. The minimum absolute atomic E-state index is 0. The lowest BCUT2D eigenvalue weighted by Crippen LogP contribution is -2.51. The number of halogens is 2. The molecule has 0 radical (unpaired) electrons. The van der Waals surface area contributed by atoms with E-state index in [4.69, 9.17) is 15.2 Å². The number of benzene rings is 2. The molecule has 0 spiro atoms. The zero-order valence-electron chi connectivity index (χ0n) is 15.5. The summed E-state index contributed by atoms with van der Waals surface area (Å²) in [5.41, 5.74) is 8.36. The standard InChI is InChI=1S/C20H23FN4O2.HI/c21-16-2-4-17(5-3-16)24-9-11-25(12-10-24)20(22)23-8-7-15-1-6-18-19(13-15)27-14-26-18;/h1-6,13H,7-12,14H2,(H2,22,23);1H. The highest BCUT2D eigenvalue weighted by atomic mass is 127. The zero-order chi connectivity index (χ0) is 18.6. The molecule has 0 aliphatic carbocycles. The summed E-state index contributed by atoms with van der Waals surface area (Å²) in [6.45, 7) is 4.19. The van der Waals surface area contributed by atoms with Crippen LogP contribution in [0.4, 0.5) is 10.1 Å². The summed E-state index contributed by atoms with van der Waals surface area (Å²) in [5, 5.41) is 0. The van der Waals surface area contributed by atoms with Crippen molar-refractivity contribution in [2.75, 3.05) is 44.4 Å².